The van der Waals surface area contributed by atoms with Crippen molar-refractivity contribution in [3.05, 3.63) is 0 Å². The highest BCUT2D eigenvalue weighted by Gasteiger charge is 2.17. The fourth-order valence-electron chi connectivity index (χ4n) is 7.10. The molecule has 0 aromatic heterocycles. The second-order valence-corrected chi connectivity index (χ2v) is 17.7. The number of rotatable bonds is 36. The summed E-state index contributed by atoms with van der Waals surface area (Å²) in [4.78, 5) is 25.2. The topological polar surface area (TPSA) is 55.8 Å². The Morgan fingerprint density at radius 3 is 1.38 bits per heavy atom. The Labute approximate surface area is 327 Å². The maximum Gasteiger partial charge on any atom is 0.305 e. The molecule has 0 amide bonds. The second-order valence-electron chi connectivity index (χ2n) is 17.7. The molecule has 0 aliphatic heterocycles. The van der Waals surface area contributed by atoms with Crippen LogP contribution in [0.2, 0.25) is 0 Å². The van der Waals surface area contributed by atoms with Gasteiger partial charge in [0.05, 0.1) is 6.61 Å². The normalized spacial score (nSPS) is 13.5. The Hall–Kier alpha value is -0.940. The van der Waals surface area contributed by atoms with Gasteiger partial charge in [-0.1, -0.05) is 159 Å². The fourth-order valence-corrected chi connectivity index (χ4v) is 7.10. The summed E-state index contributed by atoms with van der Waals surface area (Å²) in [6.07, 6.45) is 27.9. The minimum Gasteiger partial charge on any atom is -0.465 e. The van der Waals surface area contributed by atoms with E-state index in [1.54, 1.807) is 7.11 Å². The number of ether oxygens (including phenoxy) is 2. The SMILES string of the molecule is CCN(CC)CC(CCCCCCCCCC=O)CCCCCCCCCC(=O)OCC(CCC(C)C)C(C)C.COCC(CCC(C)C)C(C)C. The molecule has 0 rings (SSSR count). The lowest BCUT2D eigenvalue weighted by Crippen LogP contribution is -2.29. The predicted molar refractivity (Wildman–Crippen MR) is 228 cm³/mol. The minimum absolute atomic E-state index is 0.00373. The average molecular weight is 738 g/mol. The van der Waals surface area contributed by atoms with Crippen LogP contribution in [0.25, 0.3) is 0 Å². The molecule has 0 spiro atoms. The van der Waals surface area contributed by atoms with Crippen molar-refractivity contribution in [2.24, 2.45) is 41.4 Å². The van der Waals surface area contributed by atoms with E-state index in [4.69, 9.17) is 9.47 Å². The summed E-state index contributed by atoms with van der Waals surface area (Å²) in [5.74, 6) is 4.95. The zero-order valence-electron chi connectivity index (χ0n) is 37.3. The standard InChI is InChI=1S/C36H71NO3.C11H24O/c1-7-37(8-2)30-34(24-20-16-12-9-10-15-19-23-29-38)25-21-17-13-11-14-18-22-26-36(39)40-31-35(33(5)6)28-27-32(3)4;1-9(2)6-7-11(8-12-5)10(3)4/h29,32-35H,7-28,30-31H2,1-6H3;9-11H,6-8H2,1-5H3. The first-order chi connectivity index (χ1) is 24.9. The highest BCUT2D eigenvalue weighted by molar-refractivity contribution is 5.69. The maximum absolute atomic E-state index is 12.2. The smallest absolute Gasteiger partial charge is 0.305 e. The summed E-state index contributed by atoms with van der Waals surface area (Å²) < 4.78 is 10.8. The molecule has 312 valence electrons. The van der Waals surface area contributed by atoms with Gasteiger partial charge >= 0.3 is 5.97 Å². The Kier molecular flexibility index (Phi) is 39.2. The number of hydrogen-bond acceptors (Lipinski definition) is 5. The predicted octanol–water partition coefficient (Wildman–Crippen LogP) is 13.8. The molecule has 0 aromatic carbocycles. The van der Waals surface area contributed by atoms with Gasteiger partial charge in [-0.3, -0.25) is 4.79 Å². The molecule has 52 heavy (non-hydrogen) atoms. The van der Waals surface area contributed by atoms with Crippen LogP contribution in [0.4, 0.5) is 0 Å². The van der Waals surface area contributed by atoms with E-state index in [1.807, 2.05) is 0 Å². The first-order valence-electron chi connectivity index (χ1n) is 22.7. The van der Waals surface area contributed by atoms with Gasteiger partial charge in [-0.2, -0.15) is 0 Å². The van der Waals surface area contributed by atoms with E-state index in [0.29, 0.717) is 30.8 Å². The number of aldehydes is 1. The lowest BCUT2D eigenvalue weighted by molar-refractivity contribution is -0.145. The van der Waals surface area contributed by atoms with Crippen molar-refractivity contribution in [3.8, 4) is 0 Å². The van der Waals surface area contributed by atoms with Crippen molar-refractivity contribution in [3.63, 3.8) is 0 Å². The van der Waals surface area contributed by atoms with Gasteiger partial charge in [0, 0.05) is 33.1 Å². The zero-order chi connectivity index (χ0) is 39.4. The number of esters is 1. The van der Waals surface area contributed by atoms with E-state index in [1.165, 1.54) is 109 Å². The monoisotopic (exact) mass is 738 g/mol. The third kappa shape index (κ3) is 36.1. The van der Waals surface area contributed by atoms with Crippen molar-refractivity contribution in [2.45, 2.75) is 210 Å². The summed E-state index contributed by atoms with van der Waals surface area (Å²) in [5.41, 5.74) is 0. The van der Waals surface area contributed by atoms with Crippen LogP contribution in [0.3, 0.4) is 0 Å². The Morgan fingerprint density at radius 1 is 0.558 bits per heavy atom. The van der Waals surface area contributed by atoms with Gasteiger partial charge < -0.3 is 19.2 Å². The van der Waals surface area contributed by atoms with Crippen LogP contribution in [-0.2, 0) is 19.1 Å². The van der Waals surface area contributed by atoms with Gasteiger partial charge in [0.2, 0.25) is 0 Å². The molecular formula is C47H95NO4. The Balaban J connectivity index is 0. The van der Waals surface area contributed by atoms with E-state index in [2.05, 4.69) is 74.1 Å². The minimum atomic E-state index is 0.00373. The molecule has 0 bridgehead atoms. The van der Waals surface area contributed by atoms with Crippen LogP contribution in [0, 0.1) is 41.4 Å². The number of unbranched alkanes of at least 4 members (excludes halogenated alkanes) is 13. The first-order valence-corrected chi connectivity index (χ1v) is 22.7. The fraction of sp³-hybridized carbons (Fsp3) is 0.957. The van der Waals surface area contributed by atoms with Gasteiger partial charge in [0.25, 0.3) is 0 Å². The van der Waals surface area contributed by atoms with Gasteiger partial charge in [-0.15, -0.1) is 0 Å². The molecule has 0 saturated carbocycles. The van der Waals surface area contributed by atoms with Crippen molar-refractivity contribution in [2.75, 3.05) is 40.0 Å². The van der Waals surface area contributed by atoms with Crippen LogP contribution >= 0.6 is 0 Å². The third-order valence-electron chi connectivity index (χ3n) is 11.3. The van der Waals surface area contributed by atoms with E-state index in [9.17, 15) is 9.59 Å². The molecule has 0 aromatic rings. The van der Waals surface area contributed by atoms with E-state index < -0.39 is 0 Å². The first kappa shape index (κ1) is 53.2. The number of nitrogens with zero attached hydrogens (tertiary/aromatic N) is 1. The van der Waals surface area contributed by atoms with E-state index in [-0.39, 0.29) is 5.97 Å². The zero-order valence-corrected chi connectivity index (χ0v) is 37.3. The summed E-state index contributed by atoms with van der Waals surface area (Å²) in [7, 11) is 1.80. The Morgan fingerprint density at radius 2 is 0.981 bits per heavy atom. The number of methoxy groups -OCH3 is 1. The van der Waals surface area contributed by atoms with Gasteiger partial charge in [-0.25, -0.2) is 0 Å². The molecule has 0 aliphatic rings. The van der Waals surface area contributed by atoms with E-state index >= 15 is 0 Å². The lowest BCUT2D eigenvalue weighted by Gasteiger charge is -2.25. The quantitative estimate of drug-likeness (QED) is 0.0364. The number of hydrogen-bond donors (Lipinski definition) is 0. The molecule has 0 N–H and O–H groups in total. The maximum atomic E-state index is 12.2. The summed E-state index contributed by atoms with van der Waals surface area (Å²) in [6.45, 7) is 27.8. The van der Waals surface area contributed by atoms with Crippen LogP contribution < -0.4 is 0 Å². The number of carbonyl (C=O) groups is 2. The van der Waals surface area contributed by atoms with Crippen LogP contribution in [0.5, 0.6) is 0 Å². The van der Waals surface area contributed by atoms with E-state index in [0.717, 1.165) is 81.8 Å². The van der Waals surface area contributed by atoms with Crippen LogP contribution in [-0.4, -0.2) is 57.1 Å². The lowest BCUT2D eigenvalue weighted by atomic mass is 9.89. The molecule has 0 radical (unpaired) electrons. The summed E-state index contributed by atoms with van der Waals surface area (Å²) in [6, 6.07) is 0. The number of carbonyl (C=O) groups excluding carboxylic acids is 2. The van der Waals surface area contributed by atoms with Crippen molar-refractivity contribution in [1.82, 2.24) is 4.90 Å². The van der Waals surface area contributed by atoms with Crippen molar-refractivity contribution in [1.29, 1.82) is 0 Å². The molecule has 5 heteroatoms. The van der Waals surface area contributed by atoms with Gasteiger partial charge in [-0.05, 0) is 93.0 Å². The Bertz CT molecular complexity index is 748. The molecule has 0 fully saturated rings. The molecule has 5 nitrogen and oxygen atoms in total. The van der Waals surface area contributed by atoms with Crippen LogP contribution in [0.15, 0.2) is 0 Å². The van der Waals surface area contributed by atoms with Crippen molar-refractivity contribution >= 4 is 12.3 Å². The van der Waals surface area contributed by atoms with Gasteiger partial charge in [0.15, 0.2) is 0 Å². The summed E-state index contributed by atoms with van der Waals surface area (Å²) >= 11 is 0. The van der Waals surface area contributed by atoms with Crippen molar-refractivity contribution < 1.29 is 19.1 Å². The third-order valence-corrected chi connectivity index (χ3v) is 11.3. The van der Waals surface area contributed by atoms with Gasteiger partial charge in [0.1, 0.15) is 6.29 Å². The molecule has 3 atom stereocenters. The molecular weight excluding hydrogens is 643 g/mol. The molecule has 3 unspecified atom stereocenters. The van der Waals surface area contributed by atoms with Crippen LogP contribution in [0.1, 0.15) is 210 Å². The average Bonchev–Trinajstić information content (AvgIpc) is 3.10. The molecule has 0 heterocycles. The molecule has 0 saturated heterocycles. The summed E-state index contributed by atoms with van der Waals surface area (Å²) in [5, 5.41) is 0. The molecule has 0 aliphatic carbocycles. The highest BCUT2D eigenvalue weighted by Crippen LogP contribution is 2.23. The second kappa shape index (κ2) is 38.3. The largest absolute Gasteiger partial charge is 0.465 e. The highest BCUT2D eigenvalue weighted by atomic mass is 16.5.